The molecule has 0 bridgehead atoms. The van der Waals surface area contributed by atoms with Crippen LogP contribution >= 0.6 is 0 Å². The van der Waals surface area contributed by atoms with Crippen LogP contribution in [0.4, 0.5) is 0 Å². The van der Waals surface area contributed by atoms with Crippen molar-refractivity contribution in [3.63, 3.8) is 0 Å². The molecule has 0 amide bonds. The van der Waals surface area contributed by atoms with Crippen LogP contribution < -0.4 is 5.46 Å². The molecule has 6 aromatic carbocycles. The average molecular weight is 425 g/mol. The highest BCUT2D eigenvalue weighted by Crippen LogP contribution is 2.38. The average Bonchev–Trinajstić information content (AvgIpc) is 2.87. The molecule has 0 unspecified atom stereocenters. The topological polar surface area (TPSA) is 29.5 Å². The lowest BCUT2D eigenvalue weighted by molar-refractivity contribution is 0.209. The minimum atomic E-state index is -0.0136. The molecule has 0 saturated carbocycles. The summed E-state index contributed by atoms with van der Waals surface area (Å²) in [6.45, 7) is 0.255. The maximum atomic E-state index is 9.30. The van der Waals surface area contributed by atoms with Crippen molar-refractivity contribution in [2.75, 3.05) is 13.2 Å². The first kappa shape index (κ1) is 20.0. The minimum absolute atomic E-state index is 0.0136. The molecule has 0 atom stereocenters. The van der Waals surface area contributed by atoms with E-state index >= 15 is 0 Å². The molecule has 157 valence electrons. The predicted molar refractivity (Wildman–Crippen MR) is 140 cm³/mol. The Kier molecular flexibility index (Phi) is 5.06. The van der Waals surface area contributed by atoms with E-state index in [1.165, 1.54) is 43.4 Å². The Morgan fingerprint density at radius 3 is 1.52 bits per heavy atom. The number of aliphatic hydroxyl groups is 1. The summed E-state index contributed by atoms with van der Waals surface area (Å²) in [4.78, 5) is 0. The number of benzene rings is 6. The number of hydrogen-bond donors (Lipinski definition) is 1. The van der Waals surface area contributed by atoms with Gasteiger partial charge in [0.15, 0.2) is 0 Å². The molecule has 0 aliphatic carbocycles. The van der Waals surface area contributed by atoms with Crippen molar-refractivity contribution in [3.8, 4) is 11.1 Å². The summed E-state index contributed by atoms with van der Waals surface area (Å²) < 4.78 is 5.78. The molecule has 33 heavy (non-hydrogen) atoms. The smallest absolute Gasteiger partial charge is 0.331 e. The Labute approximate surface area is 193 Å². The summed E-state index contributed by atoms with van der Waals surface area (Å²) >= 11 is 0. The predicted octanol–water partition coefficient (Wildman–Crippen LogP) is 6.22. The lowest BCUT2D eigenvalue weighted by atomic mass is 9.76. The van der Waals surface area contributed by atoms with E-state index < -0.39 is 0 Å². The van der Waals surface area contributed by atoms with Gasteiger partial charge in [0, 0.05) is 0 Å². The quantitative estimate of drug-likeness (QED) is 0.202. The number of fused-ring (bicyclic) bond motifs is 4. The second kappa shape index (κ2) is 8.36. The molecule has 0 heterocycles. The third-order valence-corrected chi connectivity index (χ3v) is 6.36. The number of aliphatic hydroxyl groups excluding tert-OH is 1. The standard InChI is InChI=1S/C30H22BO2/c32-14-15-33-31-30-27-18-23-12-6-4-10-21(23)16-25(27)29(20-8-2-1-3-9-20)26-17-22-11-5-7-13-24(22)19-28(26)30/h1-13,16-19,32H,14-15H2. The van der Waals surface area contributed by atoms with Crippen molar-refractivity contribution in [3.05, 3.63) is 103 Å². The highest BCUT2D eigenvalue weighted by Gasteiger charge is 2.18. The van der Waals surface area contributed by atoms with Crippen LogP contribution in [0.2, 0.25) is 0 Å². The van der Waals surface area contributed by atoms with Crippen molar-refractivity contribution < 1.29 is 9.76 Å². The molecule has 0 spiro atoms. The summed E-state index contributed by atoms with van der Waals surface area (Å²) in [5, 5.41) is 18.8. The minimum Gasteiger partial charge on any atom is -0.432 e. The van der Waals surface area contributed by atoms with E-state index in [2.05, 4.69) is 103 Å². The van der Waals surface area contributed by atoms with Gasteiger partial charge in [0.2, 0.25) is 0 Å². The first-order valence-corrected chi connectivity index (χ1v) is 11.3. The van der Waals surface area contributed by atoms with Crippen molar-refractivity contribution in [2.45, 2.75) is 0 Å². The maximum absolute atomic E-state index is 9.30. The van der Waals surface area contributed by atoms with Gasteiger partial charge in [0.25, 0.3) is 0 Å². The number of hydrogen-bond acceptors (Lipinski definition) is 2. The second-order valence-electron chi connectivity index (χ2n) is 8.36. The normalized spacial score (nSPS) is 11.5. The summed E-state index contributed by atoms with van der Waals surface area (Å²) in [5.74, 6) is 0. The lowest BCUT2D eigenvalue weighted by Crippen LogP contribution is -2.21. The molecule has 2 nitrogen and oxygen atoms in total. The first-order chi connectivity index (χ1) is 16.3. The Hall–Kier alpha value is -3.66. The Bertz CT molecular complexity index is 1530. The van der Waals surface area contributed by atoms with Crippen LogP contribution in [0.5, 0.6) is 0 Å². The van der Waals surface area contributed by atoms with E-state index in [-0.39, 0.29) is 13.2 Å². The van der Waals surface area contributed by atoms with Crippen LogP contribution in [0.3, 0.4) is 0 Å². The Morgan fingerprint density at radius 1 is 0.576 bits per heavy atom. The molecule has 6 aromatic rings. The van der Waals surface area contributed by atoms with E-state index in [9.17, 15) is 5.11 Å². The molecular formula is C30H22BO2. The highest BCUT2D eigenvalue weighted by atomic mass is 16.4. The van der Waals surface area contributed by atoms with E-state index in [1.807, 2.05) is 7.48 Å². The zero-order valence-electron chi connectivity index (χ0n) is 18.2. The first-order valence-electron chi connectivity index (χ1n) is 11.3. The summed E-state index contributed by atoms with van der Waals surface area (Å²) in [7, 11) is 1.82. The molecular weight excluding hydrogens is 403 g/mol. The molecule has 1 radical (unpaired) electrons. The Morgan fingerprint density at radius 2 is 1.03 bits per heavy atom. The summed E-state index contributed by atoms with van der Waals surface area (Å²) in [6, 6.07) is 36.7. The van der Waals surface area contributed by atoms with Gasteiger partial charge >= 0.3 is 7.48 Å². The molecule has 6 rings (SSSR count). The van der Waals surface area contributed by atoms with E-state index in [0.717, 1.165) is 16.2 Å². The van der Waals surface area contributed by atoms with Crippen LogP contribution in [0, 0.1) is 0 Å². The van der Waals surface area contributed by atoms with Gasteiger partial charge in [0.1, 0.15) is 0 Å². The molecule has 0 aromatic heterocycles. The van der Waals surface area contributed by atoms with Gasteiger partial charge in [0.05, 0.1) is 13.2 Å². The second-order valence-corrected chi connectivity index (χ2v) is 8.36. The fourth-order valence-corrected chi connectivity index (χ4v) is 4.87. The van der Waals surface area contributed by atoms with E-state index in [0.29, 0.717) is 0 Å². The molecule has 1 N–H and O–H groups in total. The van der Waals surface area contributed by atoms with Crippen molar-refractivity contribution >= 4 is 56.0 Å². The number of rotatable bonds is 5. The molecule has 0 fully saturated rings. The molecule has 3 heteroatoms. The molecule has 0 aliphatic rings. The zero-order chi connectivity index (χ0) is 22.2. The third kappa shape index (κ3) is 3.47. The third-order valence-electron chi connectivity index (χ3n) is 6.36. The van der Waals surface area contributed by atoms with Crippen LogP contribution in [-0.4, -0.2) is 25.8 Å². The lowest BCUT2D eigenvalue weighted by Gasteiger charge is -2.19. The monoisotopic (exact) mass is 425 g/mol. The van der Waals surface area contributed by atoms with Crippen LogP contribution in [-0.2, 0) is 4.65 Å². The summed E-state index contributed by atoms with van der Waals surface area (Å²) in [5.41, 5.74) is 3.47. The Balaban J connectivity index is 1.82. The fourth-order valence-electron chi connectivity index (χ4n) is 4.87. The van der Waals surface area contributed by atoms with Crippen LogP contribution in [0.15, 0.2) is 103 Å². The van der Waals surface area contributed by atoms with Crippen molar-refractivity contribution in [1.29, 1.82) is 0 Å². The largest absolute Gasteiger partial charge is 0.432 e. The van der Waals surface area contributed by atoms with E-state index in [4.69, 9.17) is 4.65 Å². The van der Waals surface area contributed by atoms with Gasteiger partial charge in [-0.1, -0.05) is 78.9 Å². The van der Waals surface area contributed by atoms with E-state index in [1.54, 1.807) is 0 Å². The van der Waals surface area contributed by atoms with Gasteiger partial charge < -0.3 is 9.76 Å². The van der Waals surface area contributed by atoms with Gasteiger partial charge in [-0.05, 0) is 83.9 Å². The molecule has 0 saturated heterocycles. The van der Waals surface area contributed by atoms with Crippen molar-refractivity contribution in [1.82, 2.24) is 0 Å². The van der Waals surface area contributed by atoms with Gasteiger partial charge in [-0.25, -0.2) is 0 Å². The van der Waals surface area contributed by atoms with Crippen LogP contribution in [0.1, 0.15) is 0 Å². The van der Waals surface area contributed by atoms with Gasteiger partial charge in [-0.15, -0.1) is 0 Å². The zero-order valence-corrected chi connectivity index (χ0v) is 18.2. The summed E-state index contributed by atoms with van der Waals surface area (Å²) in [6.07, 6.45) is 0. The SMILES string of the molecule is OCCO[B]c1c2cc3ccccc3cc2c(-c2ccccc2)c2cc3ccccc3cc12. The maximum Gasteiger partial charge on any atom is 0.331 e. The highest BCUT2D eigenvalue weighted by molar-refractivity contribution is 6.57. The van der Waals surface area contributed by atoms with Gasteiger partial charge in [-0.3, -0.25) is 0 Å². The molecule has 0 aliphatic heterocycles. The van der Waals surface area contributed by atoms with Crippen molar-refractivity contribution in [2.24, 2.45) is 0 Å². The fraction of sp³-hybridized carbons (Fsp3) is 0.0667. The van der Waals surface area contributed by atoms with Crippen LogP contribution in [0.25, 0.3) is 54.2 Å². The van der Waals surface area contributed by atoms with Gasteiger partial charge in [-0.2, -0.15) is 0 Å².